The third-order valence-corrected chi connectivity index (χ3v) is 3.33. The second-order valence-electron chi connectivity index (χ2n) is 3.61. The molecule has 0 bridgehead atoms. The second kappa shape index (κ2) is 5.52. The molecule has 5 heteroatoms. The average molecular weight is 259 g/mol. The van der Waals surface area contributed by atoms with Crippen molar-refractivity contribution in [2.45, 2.75) is 10.8 Å². The molecular weight excluding hydrogens is 249 g/mol. The van der Waals surface area contributed by atoms with E-state index in [-0.39, 0.29) is 5.56 Å². The van der Waals surface area contributed by atoms with Gasteiger partial charge < -0.3 is 5.73 Å². The molecule has 0 saturated carbocycles. The first-order valence-electron chi connectivity index (χ1n) is 5.22. The van der Waals surface area contributed by atoms with E-state index in [0.717, 1.165) is 5.03 Å². The molecule has 2 aromatic rings. The number of rotatable bonds is 3. The van der Waals surface area contributed by atoms with Crippen LogP contribution in [-0.2, 0) is 5.75 Å². The van der Waals surface area contributed by atoms with Crippen LogP contribution in [0, 0.1) is 17.1 Å². The number of nitriles is 1. The lowest BCUT2D eigenvalue weighted by atomic mass is 10.1. The van der Waals surface area contributed by atoms with Crippen LogP contribution in [0.3, 0.4) is 0 Å². The highest BCUT2D eigenvalue weighted by atomic mass is 32.2. The molecule has 1 aromatic carbocycles. The van der Waals surface area contributed by atoms with E-state index >= 15 is 0 Å². The Kier molecular flexibility index (Phi) is 3.80. The Morgan fingerprint density at radius 1 is 1.33 bits per heavy atom. The molecule has 0 aliphatic rings. The smallest absolute Gasteiger partial charge is 0.144 e. The van der Waals surface area contributed by atoms with Gasteiger partial charge in [-0.05, 0) is 23.8 Å². The summed E-state index contributed by atoms with van der Waals surface area (Å²) in [5.74, 6) is -0.0268. The highest BCUT2D eigenvalue weighted by Crippen LogP contribution is 2.23. The second-order valence-corrected chi connectivity index (χ2v) is 4.60. The van der Waals surface area contributed by atoms with Gasteiger partial charge in [0.1, 0.15) is 11.9 Å². The van der Waals surface area contributed by atoms with Gasteiger partial charge in [0.25, 0.3) is 0 Å². The zero-order valence-corrected chi connectivity index (χ0v) is 10.2. The quantitative estimate of drug-likeness (QED) is 0.861. The van der Waals surface area contributed by atoms with E-state index in [4.69, 9.17) is 11.0 Å². The highest BCUT2D eigenvalue weighted by Gasteiger charge is 2.08. The van der Waals surface area contributed by atoms with Gasteiger partial charge in [-0.15, -0.1) is 11.8 Å². The summed E-state index contributed by atoms with van der Waals surface area (Å²) in [6.45, 7) is 0. The molecule has 18 heavy (non-hydrogen) atoms. The summed E-state index contributed by atoms with van der Waals surface area (Å²) in [5.41, 5.74) is 6.69. The first-order valence-corrected chi connectivity index (χ1v) is 6.21. The summed E-state index contributed by atoms with van der Waals surface area (Å²) in [4.78, 5) is 4.12. The SMILES string of the molecule is N#Cc1cccc(CSc2ccc(N)cn2)c1F. The Hall–Kier alpha value is -2.06. The minimum Gasteiger partial charge on any atom is -0.397 e. The Morgan fingerprint density at radius 2 is 2.17 bits per heavy atom. The van der Waals surface area contributed by atoms with Crippen LogP contribution < -0.4 is 5.73 Å². The number of nitrogen functional groups attached to an aromatic ring is 1. The zero-order chi connectivity index (χ0) is 13.0. The van der Waals surface area contributed by atoms with Crippen LogP contribution in [-0.4, -0.2) is 4.98 Å². The molecule has 0 saturated heterocycles. The number of hydrogen-bond acceptors (Lipinski definition) is 4. The fourth-order valence-electron chi connectivity index (χ4n) is 1.41. The van der Waals surface area contributed by atoms with Gasteiger partial charge in [0.05, 0.1) is 22.5 Å². The molecule has 0 spiro atoms. The number of thioether (sulfide) groups is 1. The van der Waals surface area contributed by atoms with Crippen LogP contribution in [0.15, 0.2) is 41.6 Å². The van der Waals surface area contributed by atoms with E-state index in [9.17, 15) is 4.39 Å². The summed E-state index contributed by atoms with van der Waals surface area (Å²) in [6.07, 6.45) is 1.56. The largest absolute Gasteiger partial charge is 0.397 e. The Morgan fingerprint density at radius 3 is 2.83 bits per heavy atom. The summed E-state index contributed by atoms with van der Waals surface area (Å²) in [5, 5.41) is 9.51. The molecule has 90 valence electrons. The van der Waals surface area contributed by atoms with Crippen LogP contribution in [0.1, 0.15) is 11.1 Å². The molecule has 2 rings (SSSR count). The molecule has 0 radical (unpaired) electrons. The number of nitrogens with zero attached hydrogens (tertiary/aromatic N) is 2. The Labute approximate surface area is 108 Å². The lowest BCUT2D eigenvalue weighted by Crippen LogP contribution is -1.92. The van der Waals surface area contributed by atoms with Gasteiger partial charge in [-0.1, -0.05) is 12.1 Å². The molecular formula is C13H10FN3S. The van der Waals surface area contributed by atoms with Gasteiger partial charge >= 0.3 is 0 Å². The summed E-state index contributed by atoms with van der Waals surface area (Å²) in [7, 11) is 0. The zero-order valence-electron chi connectivity index (χ0n) is 9.43. The predicted octanol–water partition coefficient (Wildman–Crippen LogP) is 2.97. The molecule has 1 heterocycles. The van der Waals surface area contributed by atoms with Crippen molar-refractivity contribution < 1.29 is 4.39 Å². The molecule has 0 atom stereocenters. The normalized spacial score (nSPS) is 10.0. The minimum atomic E-state index is -0.456. The van der Waals surface area contributed by atoms with E-state index in [1.807, 2.05) is 6.07 Å². The number of halogens is 1. The van der Waals surface area contributed by atoms with Gasteiger partial charge in [-0.3, -0.25) is 0 Å². The van der Waals surface area contributed by atoms with Crippen LogP contribution in [0.5, 0.6) is 0 Å². The van der Waals surface area contributed by atoms with E-state index in [1.54, 1.807) is 30.5 Å². The number of hydrogen-bond donors (Lipinski definition) is 1. The third-order valence-electron chi connectivity index (χ3n) is 2.33. The maximum Gasteiger partial charge on any atom is 0.144 e. The molecule has 0 aliphatic heterocycles. The van der Waals surface area contributed by atoms with Gasteiger partial charge in [0.2, 0.25) is 0 Å². The van der Waals surface area contributed by atoms with Gasteiger partial charge in [0, 0.05) is 5.75 Å². The number of pyridine rings is 1. The Bertz CT molecular complexity index is 590. The Balaban J connectivity index is 2.11. The molecule has 0 aliphatic carbocycles. The maximum atomic E-state index is 13.8. The highest BCUT2D eigenvalue weighted by molar-refractivity contribution is 7.98. The van der Waals surface area contributed by atoms with Crippen molar-refractivity contribution in [3.63, 3.8) is 0 Å². The van der Waals surface area contributed by atoms with Gasteiger partial charge in [0.15, 0.2) is 0 Å². The minimum absolute atomic E-state index is 0.0679. The number of aromatic nitrogens is 1. The van der Waals surface area contributed by atoms with Crippen molar-refractivity contribution in [2.75, 3.05) is 5.73 Å². The van der Waals surface area contributed by atoms with Crippen LogP contribution in [0.4, 0.5) is 10.1 Å². The maximum absolute atomic E-state index is 13.8. The number of nitrogens with two attached hydrogens (primary N) is 1. The fraction of sp³-hybridized carbons (Fsp3) is 0.0769. The molecule has 0 fully saturated rings. The van der Waals surface area contributed by atoms with Crippen LogP contribution in [0.25, 0.3) is 0 Å². The van der Waals surface area contributed by atoms with E-state index in [2.05, 4.69) is 4.98 Å². The monoisotopic (exact) mass is 259 g/mol. The molecule has 0 amide bonds. The van der Waals surface area contributed by atoms with Crippen molar-refractivity contribution >= 4 is 17.4 Å². The predicted molar refractivity (Wildman–Crippen MR) is 69.3 cm³/mol. The van der Waals surface area contributed by atoms with E-state index in [1.165, 1.54) is 17.8 Å². The van der Waals surface area contributed by atoms with Crippen molar-refractivity contribution in [1.29, 1.82) is 5.26 Å². The van der Waals surface area contributed by atoms with Crippen LogP contribution in [0.2, 0.25) is 0 Å². The third kappa shape index (κ3) is 2.79. The molecule has 1 aromatic heterocycles. The fourth-order valence-corrected chi connectivity index (χ4v) is 2.22. The molecule has 2 N–H and O–H groups in total. The number of anilines is 1. The molecule has 3 nitrogen and oxygen atoms in total. The molecule has 0 unspecified atom stereocenters. The summed E-state index contributed by atoms with van der Waals surface area (Å²) >= 11 is 1.40. The van der Waals surface area contributed by atoms with Crippen molar-refractivity contribution in [3.8, 4) is 6.07 Å². The summed E-state index contributed by atoms with van der Waals surface area (Å²) < 4.78 is 13.8. The van der Waals surface area contributed by atoms with E-state index < -0.39 is 5.82 Å². The first-order chi connectivity index (χ1) is 8.70. The van der Waals surface area contributed by atoms with Crippen molar-refractivity contribution in [3.05, 3.63) is 53.5 Å². The topological polar surface area (TPSA) is 62.7 Å². The van der Waals surface area contributed by atoms with Crippen molar-refractivity contribution in [1.82, 2.24) is 4.98 Å². The van der Waals surface area contributed by atoms with Crippen molar-refractivity contribution in [2.24, 2.45) is 0 Å². The van der Waals surface area contributed by atoms with E-state index in [0.29, 0.717) is 17.0 Å². The lowest BCUT2D eigenvalue weighted by molar-refractivity contribution is 0.613. The number of benzene rings is 1. The van der Waals surface area contributed by atoms with Gasteiger partial charge in [-0.25, -0.2) is 9.37 Å². The summed E-state index contributed by atoms with van der Waals surface area (Å²) in [6, 6.07) is 10.2. The average Bonchev–Trinajstić information content (AvgIpc) is 2.39. The lowest BCUT2D eigenvalue weighted by Gasteiger charge is -2.04. The standard InChI is InChI=1S/C13H10FN3S/c14-13-9(6-15)2-1-3-10(13)8-18-12-5-4-11(16)7-17-12/h1-5,7H,8,16H2. The first kappa shape index (κ1) is 12.4. The van der Waals surface area contributed by atoms with Gasteiger partial charge in [-0.2, -0.15) is 5.26 Å². The van der Waals surface area contributed by atoms with Crippen LogP contribution >= 0.6 is 11.8 Å².